The Balaban J connectivity index is 2.12. The summed E-state index contributed by atoms with van der Waals surface area (Å²) in [6, 6.07) is 4.47. The van der Waals surface area contributed by atoms with Crippen LogP contribution in [0.15, 0.2) is 18.2 Å². The summed E-state index contributed by atoms with van der Waals surface area (Å²) in [7, 11) is 0. The molecule has 22 heavy (non-hydrogen) atoms. The third-order valence-electron chi connectivity index (χ3n) is 3.57. The average molecular weight is 302 g/mol. The van der Waals surface area contributed by atoms with Gasteiger partial charge in [-0.15, -0.1) is 0 Å². The number of aromatic amines is 1. The molecule has 7 heteroatoms. The van der Waals surface area contributed by atoms with Gasteiger partial charge in [-0.2, -0.15) is 5.10 Å². The second kappa shape index (κ2) is 6.38. The van der Waals surface area contributed by atoms with Gasteiger partial charge in [-0.3, -0.25) is 20.0 Å². The number of aryl methyl sites for hydroxylation is 2. The Kier molecular flexibility index (Phi) is 4.55. The van der Waals surface area contributed by atoms with Gasteiger partial charge < -0.3 is 5.32 Å². The number of benzene rings is 1. The topological polar surface area (TPSA) is 101 Å². The highest BCUT2D eigenvalue weighted by atomic mass is 16.6. The lowest BCUT2D eigenvalue weighted by molar-refractivity contribution is -0.384. The molecule has 0 fully saturated rings. The van der Waals surface area contributed by atoms with Crippen LogP contribution in [0.3, 0.4) is 0 Å². The van der Waals surface area contributed by atoms with Gasteiger partial charge >= 0.3 is 0 Å². The molecule has 0 aliphatic rings. The van der Waals surface area contributed by atoms with Crippen molar-refractivity contribution in [1.82, 2.24) is 10.2 Å². The van der Waals surface area contributed by atoms with Crippen LogP contribution in [0, 0.1) is 24.0 Å². The summed E-state index contributed by atoms with van der Waals surface area (Å²) in [5.74, 6) is -0.195. The van der Waals surface area contributed by atoms with Crippen molar-refractivity contribution in [3.05, 3.63) is 50.8 Å². The number of aromatic nitrogens is 2. The summed E-state index contributed by atoms with van der Waals surface area (Å²) in [5, 5.41) is 21.2. The van der Waals surface area contributed by atoms with Crippen molar-refractivity contribution >= 4 is 17.2 Å². The highest BCUT2D eigenvalue weighted by Gasteiger charge is 2.16. The number of carbonyl (C=O) groups is 1. The first-order valence-corrected chi connectivity index (χ1v) is 6.94. The number of rotatable bonds is 6. The van der Waals surface area contributed by atoms with Crippen molar-refractivity contribution in [2.75, 3.05) is 11.9 Å². The highest BCUT2D eigenvalue weighted by Crippen LogP contribution is 2.26. The second-order valence-electron chi connectivity index (χ2n) is 5.13. The molecule has 0 saturated carbocycles. The van der Waals surface area contributed by atoms with E-state index >= 15 is 0 Å². The van der Waals surface area contributed by atoms with Crippen molar-refractivity contribution in [3.8, 4) is 0 Å². The lowest BCUT2D eigenvalue weighted by atomic mass is 10.1. The minimum Gasteiger partial charge on any atom is -0.379 e. The number of nitro benzene ring substituents is 1. The Morgan fingerprint density at radius 1 is 1.41 bits per heavy atom. The molecular formula is C15H18N4O3. The van der Waals surface area contributed by atoms with E-state index in [4.69, 9.17) is 0 Å². The van der Waals surface area contributed by atoms with E-state index in [1.807, 2.05) is 13.8 Å². The Labute approximate surface area is 127 Å². The van der Waals surface area contributed by atoms with E-state index in [0.717, 1.165) is 17.0 Å². The lowest BCUT2D eigenvalue weighted by Crippen LogP contribution is -2.08. The summed E-state index contributed by atoms with van der Waals surface area (Å²) >= 11 is 0. The van der Waals surface area contributed by atoms with E-state index in [9.17, 15) is 14.9 Å². The van der Waals surface area contributed by atoms with Gasteiger partial charge in [0.1, 0.15) is 5.69 Å². The molecule has 0 radical (unpaired) electrons. The van der Waals surface area contributed by atoms with Gasteiger partial charge in [-0.1, -0.05) is 0 Å². The summed E-state index contributed by atoms with van der Waals surface area (Å²) in [5.41, 5.74) is 3.69. The minimum absolute atomic E-state index is 0.0895. The molecule has 1 heterocycles. The van der Waals surface area contributed by atoms with E-state index in [-0.39, 0.29) is 11.5 Å². The molecule has 116 valence electrons. The number of hydrogen-bond donors (Lipinski definition) is 2. The number of nitrogens with zero attached hydrogens (tertiary/aromatic N) is 2. The van der Waals surface area contributed by atoms with Crippen LogP contribution in [0.2, 0.25) is 0 Å². The van der Waals surface area contributed by atoms with Gasteiger partial charge in [0.2, 0.25) is 0 Å². The van der Waals surface area contributed by atoms with E-state index in [2.05, 4.69) is 15.5 Å². The molecule has 0 aliphatic heterocycles. The number of hydrogen-bond acceptors (Lipinski definition) is 5. The molecule has 0 bridgehead atoms. The number of Topliss-reactive ketones (excluding diaryl/α,β-unsaturated/α-hetero) is 1. The molecule has 1 aromatic heterocycles. The standard InChI is InChI=1S/C15H18N4O3/c1-9-13(10(2)18-17-9)6-7-16-14-5-4-12(11(3)20)8-15(14)19(21)22/h4-5,8,16H,6-7H2,1-3H3,(H,17,18). The molecule has 0 spiro atoms. The maximum absolute atomic E-state index is 11.3. The number of anilines is 1. The van der Waals surface area contributed by atoms with Crippen molar-refractivity contribution in [2.45, 2.75) is 27.2 Å². The first-order valence-electron chi connectivity index (χ1n) is 6.94. The number of ketones is 1. The largest absolute Gasteiger partial charge is 0.379 e. The van der Waals surface area contributed by atoms with E-state index < -0.39 is 4.92 Å². The minimum atomic E-state index is -0.483. The monoisotopic (exact) mass is 302 g/mol. The van der Waals surface area contributed by atoms with Crippen LogP contribution >= 0.6 is 0 Å². The van der Waals surface area contributed by atoms with Crippen LogP contribution in [-0.2, 0) is 6.42 Å². The summed E-state index contributed by atoms with van der Waals surface area (Å²) in [6.07, 6.45) is 0.708. The van der Waals surface area contributed by atoms with Gasteiger partial charge in [0, 0.05) is 23.9 Å². The van der Waals surface area contributed by atoms with Crippen LogP contribution < -0.4 is 5.32 Å². The van der Waals surface area contributed by atoms with Crippen molar-refractivity contribution in [3.63, 3.8) is 0 Å². The third kappa shape index (κ3) is 3.30. The van der Waals surface area contributed by atoms with Crippen molar-refractivity contribution < 1.29 is 9.72 Å². The molecule has 2 N–H and O–H groups in total. The molecule has 2 aromatic rings. The van der Waals surface area contributed by atoms with Crippen molar-refractivity contribution in [1.29, 1.82) is 0 Å². The van der Waals surface area contributed by atoms with Gasteiger partial charge in [-0.05, 0) is 44.9 Å². The Morgan fingerprint density at radius 3 is 2.68 bits per heavy atom. The summed E-state index contributed by atoms with van der Waals surface area (Å²) < 4.78 is 0. The maximum Gasteiger partial charge on any atom is 0.293 e. The molecule has 1 aromatic carbocycles. The number of nitro groups is 1. The molecule has 0 amide bonds. The highest BCUT2D eigenvalue weighted by molar-refractivity contribution is 5.95. The first kappa shape index (κ1) is 15.7. The molecule has 0 unspecified atom stereocenters. The fourth-order valence-corrected chi connectivity index (χ4v) is 2.32. The fraction of sp³-hybridized carbons (Fsp3) is 0.333. The first-order chi connectivity index (χ1) is 10.4. The van der Waals surface area contributed by atoms with Gasteiger partial charge in [0.05, 0.1) is 10.6 Å². The van der Waals surface area contributed by atoms with Gasteiger partial charge in [-0.25, -0.2) is 0 Å². The molecule has 0 atom stereocenters. The third-order valence-corrected chi connectivity index (χ3v) is 3.57. The van der Waals surface area contributed by atoms with Gasteiger partial charge in [0.15, 0.2) is 5.78 Å². The zero-order chi connectivity index (χ0) is 16.3. The maximum atomic E-state index is 11.3. The Hall–Kier alpha value is -2.70. The summed E-state index contributed by atoms with van der Waals surface area (Å²) in [4.78, 5) is 22.0. The molecule has 0 aliphatic carbocycles. The average Bonchev–Trinajstić information content (AvgIpc) is 2.78. The fourth-order valence-electron chi connectivity index (χ4n) is 2.32. The Morgan fingerprint density at radius 2 is 2.14 bits per heavy atom. The second-order valence-corrected chi connectivity index (χ2v) is 5.13. The number of carbonyl (C=O) groups excluding carboxylic acids is 1. The number of nitrogens with one attached hydrogen (secondary N) is 2. The quantitative estimate of drug-likeness (QED) is 0.485. The van der Waals surface area contributed by atoms with Crippen molar-refractivity contribution in [2.24, 2.45) is 0 Å². The zero-order valence-electron chi connectivity index (χ0n) is 12.8. The SMILES string of the molecule is CC(=O)c1ccc(NCCc2c(C)n[nH]c2C)c([N+](=O)[O-])c1. The van der Waals surface area contributed by atoms with Crippen LogP contribution in [0.4, 0.5) is 11.4 Å². The molecule has 2 rings (SSSR count). The van der Waals surface area contributed by atoms with Gasteiger partial charge in [0.25, 0.3) is 5.69 Å². The van der Waals surface area contributed by atoms with E-state index in [1.54, 1.807) is 12.1 Å². The predicted octanol–water partition coefficient (Wildman–Crippen LogP) is 2.79. The Bertz CT molecular complexity index is 702. The normalized spacial score (nSPS) is 10.5. The van der Waals surface area contributed by atoms with E-state index in [0.29, 0.717) is 24.2 Å². The molecule has 0 saturated heterocycles. The summed E-state index contributed by atoms with van der Waals surface area (Å²) in [6.45, 7) is 5.79. The van der Waals surface area contributed by atoms with Crippen LogP contribution in [-0.4, -0.2) is 27.4 Å². The smallest absolute Gasteiger partial charge is 0.293 e. The number of H-pyrrole nitrogens is 1. The van der Waals surface area contributed by atoms with E-state index in [1.165, 1.54) is 13.0 Å². The van der Waals surface area contributed by atoms with Crippen LogP contribution in [0.25, 0.3) is 0 Å². The molecule has 7 nitrogen and oxygen atoms in total. The predicted molar refractivity (Wildman–Crippen MR) is 83.4 cm³/mol. The lowest BCUT2D eigenvalue weighted by Gasteiger charge is -2.08. The molecular weight excluding hydrogens is 284 g/mol. The van der Waals surface area contributed by atoms with Crippen LogP contribution in [0.5, 0.6) is 0 Å². The van der Waals surface area contributed by atoms with Crippen LogP contribution in [0.1, 0.15) is 34.2 Å². The zero-order valence-corrected chi connectivity index (χ0v) is 12.8.